The molecule has 5 aromatic rings. The highest BCUT2D eigenvalue weighted by molar-refractivity contribution is 6.00. The Hall–Kier alpha value is -5.13. The van der Waals surface area contributed by atoms with Crippen LogP contribution in [0.3, 0.4) is 0 Å². The van der Waals surface area contributed by atoms with Crippen LogP contribution >= 0.6 is 0 Å². The number of pyridine rings is 2. The third kappa shape index (κ3) is 4.45. The SMILES string of the molecule is C=CC(=O)N1CC2CCOc3c(F)c(-c4c(C)ccc5[nH]ncc45)nc4c3c(nc(=O)n4-c3c(C)ccnc3C(C)C)N2CC1C. The van der Waals surface area contributed by atoms with E-state index in [1.807, 2.05) is 57.7 Å². The summed E-state index contributed by atoms with van der Waals surface area (Å²) < 4.78 is 24.8. The summed E-state index contributed by atoms with van der Waals surface area (Å²) in [5.41, 5.74) is 3.83. The highest BCUT2D eigenvalue weighted by Gasteiger charge is 2.39. The molecule has 0 radical (unpaired) electrons. The van der Waals surface area contributed by atoms with Crippen LogP contribution in [0, 0.1) is 19.7 Å². The topological polar surface area (TPSA) is 122 Å². The molecule has 1 saturated heterocycles. The molecule has 2 aliphatic heterocycles. The maximum absolute atomic E-state index is 17.0. The van der Waals surface area contributed by atoms with Crippen LogP contribution < -0.4 is 15.3 Å². The molecule has 1 fully saturated rings. The number of halogens is 1. The van der Waals surface area contributed by atoms with Crippen molar-refractivity contribution in [3.8, 4) is 22.7 Å². The van der Waals surface area contributed by atoms with Crippen LogP contribution in [0.2, 0.25) is 0 Å². The van der Waals surface area contributed by atoms with E-state index in [2.05, 4.69) is 26.7 Å². The number of aryl methyl sites for hydroxylation is 2. The molecule has 0 saturated carbocycles. The fourth-order valence-electron chi connectivity index (χ4n) is 6.88. The largest absolute Gasteiger partial charge is 0.489 e. The Balaban J connectivity index is 1.60. The zero-order chi connectivity index (χ0) is 32.4. The minimum absolute atomic E-state index is 0.0144. The summed E-state index contributed by atoms with van der Waals surface area (Å²) in [5.74, 6) is -0.569. The van der Waals surface area contributed by atoms with E-state index in [4.69, 9.17) is 9.72 Å². The van der Waals surface area contributed by atoms with Crippen molar-refractivity contribution in [3.05, 3.63) is 76.4 Å². The summed E-state index contributed by atoms with van der Waals surface area (Å²) in [6.45, 7) is 14.4. The van der Waals surface area contributed by atoms with Gasteiger partial charge in [0.05, 0.1) is 35.7 Å². The molecule has 2 aliphatic rings. The lowest BCUT2D eigenvalue weighted by Crippen LogP contribution is -2.60. The average molecular weight is 623 g/mol. The first-order valence-electron chi connectivity index (χ1n) is 15.5. The molecular weight excluding hydrogens is 587 g/mol. The van der Waals surface area contributed by atoms with Gasteiger partial charge in [0.1, 0.15) is 16.9 Å². The van der Waals surface area contributed by atoms with Crippen molar-refractivity contribution in [2.45, 2.75) is 59.0 Å². The van der Waals surface area contributed by atoms with E-state index in [0.29, 0.717) is 47.2 Å². The molecule has 7 rings (SSSR count). The Morgan fingerprint density at radius 1 is 1.17 bits per heavy atom. The monoisotopic (exact) mass is 622 g/mol. The molecule has 2 unspecified atom stereocenters. The summed E-state index contributed by atoms with van der Waals surface area (Å²) in [5, 5.41) is 8.15. The van der Waals surface area contributed by atoms with Crippen LogP contribution in [0.15, 0.2) is 48.0 Å². The summed E-state index contributed by atoms with van der Waals surface area (Å²) >= 11 is 0. The second kappa shape index (κ2) is 11.0. The highest BCUT2D eigenvalue weighted by atomic mass is 19.1. The molecule has 6 heterocycles. The summed E-state index contributed by atoms with van der Waals surface area (Å²) in [4.78, 5) is 45.1. The Morgan fingerprint density at radius 3 is 2.74 bits per heavy atom. The van der Waals surface area contributed by atoms with Crippen molar-refractivity contribution in [2.24, 2.45) is 0 Å². The number of carbonyl (C=O) groups excluding carboxylic acids is 1. The number of benzene rings is 1. The normalized spacial score (nSPS) is 18.0. The number of amides is 1. The molecule has 2 atom stereocenters. The zero-order valence-corrected chi connectivity index (χ0v) is 26.5. The second-order valence-electron chi connectivity index (χ2n) is 12.4. The summed E-state index contributed by atoms with van der Waals surface area (Å²) in [6.07, 6.45) is 5.15. The number of ether oxygens (including phenoxy) is 1. The lowest BCUT2D eigenvalue weighted by molar-refractivity contribution is -0.129. The van der Waals surface area contributed by atoms with Gasteiger partial charge in [0.25, 0.3) is 0 Å². The van der Waals surface area contributed by atoms with E-state index < -0.39 is 11.5 Å². The molecule has 46 heavy (non-hydrogen) atoms. The number of H-pyrrole nitrogens is 1. The highest BCUT2D eigenvalue weighted by Crippen LogP contribution is 2.43. The fraction of sp³-hybridized carbons (Fsp3) is 0.353. The third-order valence-electron chi connectivity index (χ3n) is 9.17. The standard InChI is InChI=1S/C34H35FN8O3/c1-7-24(44)41-16-21-11-13-46-31-26-32(42(21)15-20(41)6)39-34(45)43(30-19(5)10-12-36-28(30)17(2)3)33(26)38-29(27(31)35)25-18(4)8-9-23-22(25)14-37-40-23/h7-10,12,14,17,20-21H,1,11,13,15-16H2,2-6H3,(H,37,40). The number of piperazine rings is 1. The van der Waals surface area contributed by atoms with Gasteiger partial charge in [0, 0.05) is 42.7 Å². The molecule has 0 aliphatic carbocycles. The molecule has 1 N–H and O–H groups in total. The van der Waals surface area contributed by atoms with Crippen molar-refractivity contribution in [1.82, 2.24) is 34.6 Å². The number of carbonyl (C=O) groups is 1. The van der Waals surface area contributed by atoms with E-state index >= 15 is 4.39 Å². The number of rotatable bonds is 4. The van der Waals surface area contributed by atoms with Gasteiger partial charge >= 0.3 is 5.69 Å². The smallest absolute Gasteiger partial charge is 0.355 e. The van der Waals surface area contributed by atoms with Crippen molar-refractivity contribution in [2.75, 3.05) is 24.6 Å². The number of hydrogen-bond donors (Lipinski definition) is 1. The van der Waals surface area contributed by atoms with E-state index in [0.717, 1.165) is 16.6 Å². The van der Waals surface area contributed by atoms with Crippen LogP contribution in [0.1, 0.15) is 49.9 Å². The van der Waals surface area contributed by atoms with Gasteiger partial charge in [-0.2, -0.15) is 10.1 Å². The van der Waals surface area contributed by atoms with Crippen LogP contribution in [0.25, 0.3) is 38.9 Å². The minimum Gasteiger partial charge on any atom is -0.489 e. The van der Waals surface area contributed by atoms with E-state index in [-0.39, 0.29) is 53.4 Å². The van der Waals surface area contributed by atoms with Crippen molar-refractivity contribution in [1.29, 1.82) is 0 Å². The first-order chi connectivity index (χ1) is 22.1. The number of nitrogens with zero attached hydrogens (tertiary/aromatic N) is 7. The van der Waals surface area contributed by atoms with Gasteiger partial charge in [0.2, 0.25) is 5.91 Å². The number of aromatic nitrogens is 6. The Kier molecular flexibility index (Phi) is 7.10. The number of anilines is 1. The van der Waals surface area contributed by atoms with Gasteiger partial charge in [-0.3, -0.25) is 14.9 Å². The van der Waals surface area contributed by atoms with Crippen molar-refractivity contribution < 1.29 is 13.9 Å². The first kappa shape index (κ1) is 29.6. The van der Waals surface area contributed by atoms with Crippen molar-refractivity contribution >= 4 is 33.7 Å². The number of nitrogens with one attached hydrogen (secondary N) is 1. The van der Waals surface area contributed by atoms with Crippen molar-refractivity contribution in [3.63, 3.8) is 0 Å². The second-order valence-corrected chi connectivity index (χ2v) is 12.4. The third-order valence-corrected chi connectivity index (χ3v) is 9.17. The molecule has 12 heteroatoms. The van der Waals surface area contributed by atoms with Crippen LogP contribution in [0.4, 0.5) is 10.2 Å². The van der Waals surface area contributed by atoms with Gasteiger partial charge in [-0.05, 0) is 56.0 Å². The Labute approximate surface area is 264 Å². The predicted octanol–water partition coefficient (Wildman–Crippen LogP) is 4.97. The van der Waals surface area contributed by atoms with Gasteiger partial charge in [-0.25, -0.2) is 18.7 Å². The van der Waals surface area contributed by atoms with Gasteiger partial charge < -0.3 is 14.5 Å². The minimum atomic E-state index is -0.642. The Morgan fingerprint density at radius 2 is 1.98 bits per heavy atom. The zero-order valence-electron chi connectivity index (χ0n) is 26.5. The molecule has 1 aromatic carbocycles. The van der Waals surface area contributed by atoms with E-state index in [1.165, 1.54) is 10.6 Å². The van der Waals surface area contributed by atoms with E-state index in [9.17, 15) is 9.59 Å². The first-order valence-corrected chi connectivity index (χ1v) is 15.5. The van der Waals surface area contributed by atoms with Gasteiger partial charge in [-0.15, -0.1) is 0 Å². The van der Waals surface area contributed by atoms with Crippen LogP contribution in [-0.4, -0.2) is 72.3 Å². The molecule has 4 aromatic heterocycles. The maximum Gasteiger partial charge on any atom is 0.355 e. The van der Waals surface area contributed by atoms with Gasteiger partial charge in [-0.1, -0.05) is 26.5 Å². The van der Waals surface area contributed by atoms with Crippen LogP contribution in [0.5, 0.6) is 5.75 Å². The van der Waals surface area contributed by atoms with Gasteiger partial charge in [0.15, 0.2) is 17.2 Å². The maximum atomic E-state index is 17.0. The number of hydrogen-bond acceptors (Lipinski definition) is 8. The number of fused-ring (bicyclic) bond motifs is 3. The summed E-state index contributed by atoms with van der Waals surface area (Å²) in [6, 6.07) is 5.17. The number of aromatic amines is 1. The van der Waals surface area contributed by atoms with Crippen LogP contribution in [-0.2, 0) is 4.79 Å². The lowest BCUT2D eigenvalue weighted by Gasteiger charge is -2.46. The fourth-order valence-corrected chi connectivity index (χ4v) is 6.88. The Bertz CT molecular complexity index is 2120. The molecule has 11 nitrogen and oxygen atoms in total. The molecule has 236 valence electrons. The molecule has 0 bridgehead atoms. The molecule has 1 amide bonds. The average Bonchev–Trinajstić information content (AvgIpc) is 3.50. The summed E-state index contributed by atoms with van der Waals surface area (Å²) in [7, 11) is 0. The molecule has 0 spiro atoms. The molecular formula is C34H35FN8O3. The van der Waals surface area contributed by atoms with E-state index in [1.54, 1.807) is 17.3 Å². The lowest BCUT2D eigenvalue weighted by atomic mass is 9.98. The predicted molar refractivity (Wildman–Crippen MR) is 174 cm³/mol. The quantitative estimate of drug-likeness (QED) is 0.279.